The number of hydrogen-bond acceptors (Lipinski definition) is 6. The van der Waals surface area contributed by atoms with Gasteiger partial charge in [0, 0.05) is 24.1 Å². The Balaban J connectivity index is 2.63. The van der Waals surface area contributed by atoms with E-state index in [9.17, 15) is 18.5 Å². The van der Waals surface area contributed by atoms with Crippen LogP contribution in [0.15, 0.2) is 15.4 Å². The van der Waals surface area contributed by atoms with Gasteiger partial charge in [0.15, 0.2) is 4.34 Å². The van der Waals surface area contributed by atoms with Crippen LogP contribution in [0, 0.1) is 10.1 Å². The van der Waals surface area contributed by atoms with Gasteiger partial charge in [0.1, 0.15) is 4.21 Å². The van der Waals surface area contributed by atoms with E-state index in [2.05, 4.69) is 14.7 Å². The lowest BCUT2D eigenvalue weighted by Crippen LogP contribution is -2.24. The van der Waals surface area contributed by atoms with Crippen molar-refractivity contribution < 1.29 is 13.3 Å². The SMILES string of the molecule is [N-]=[N+]=NCCCCNS(=O)(=O)c1cc([N+](=O)[O-])c(Cl)s1. The van der Waals surface area contributed by atoms with Gasteiger partial charge in [-0.2, -0.15) is 0 Å². The summed E-state index contributed by atoms with van der Waals surface area (Å²) in [6, 6.07) is 0.926. The summed E-state index contributed by atoms with van der Waals surface area (Å²) in [6.45, 7) is 0.432. The van der Waals surface area contributed by atoms with E-state index in [0.29, 0.717) is 24.2 Å². The maximum atomic E-state index is 11.8. The first-order chi connectivity index (χ1) is 9.38. The summed E-state index contributed by atoms with van der Waals surface area (Å²) in [6.07, 6.45) is 1.03. The second kappa shape index (κ2) is 7.41. The number of thiophene rings is 1. The van der Waals surface area contributed by atoms with Crippen molar-refractivity contribution in [1.82, 2.24) is 4.72 Å². The maximum absolute atomic E-state index is 11.8. The largest absolute Gasteiger partial charge is 0.300 e. The standard InChI is InChI=1S/C8H10ClN5O4S2/c9-8-6(14(15)16)5-7(19-8)20(17,18)12-4-2-1-3-11-13-10/h5,12H,1-4H2. The minimum atomic E-state index is -3.81. The molecule has 20 heavy (non-hydrogen) atoms. The molecule has 0 saturated heterocycles. The molecule has 1 rings (SSSR count). The fourth-order valence-corrected chi connectivity index (χ4v) is 4.01. The molecule has 0 saturated carbocycles. The molecule has 12 heteroatoms. The Bertz CT molecular complexity index is 637. The van der Waals surface area contributed by atoms with Crippen molar-refractivity contribution in [2.24, 2.45) is 5.11 Å². The number of rotatable bonds is 8. The number of nitrogens with one attached hydrogen (secondary N) is 1. The van der Waals surface area contributed by atoms with Gasteiger partial charge in [-0.25, -0.2) is 13.1 Å². The number of halogens is 1. The summed E-state index contributed by atoms with van der Waals surface area (Å²) in [5, 5.41) is 13.9. The fourth-order valence-electron chi connectivity index (χ4n) is 1.23. The zero-order valence-electron chi connectivity index (χ0n) is 10.0. The van der Waals surface area contributed by atoms with E-state index in [0.717, 1.165) is 6.07 Å². The van der Waals surface area contributed by atoms with Crippen LogP contribution in [0.1, 0.15) is 12.8 Å². The smallest absolute Gasteiger partial charge is 0.258 e. The Morgan fingerprint density at radius 1 is 1.55 bits per heavy atom. The molecule has 0 fully saturated rings. The molecule has 1 aromatic heterocycles. The third-order valence-electron chi connectivity index (χ3n) is 2.15. The Labute approximate surface area is 123 Å². The highest BCUT2D eigenvalue weighted by atomic mass is 35.5. The quantitative estimate of drug-likeness (QED) is 0.194. The normalized spacial score (nSPS) is 11.1. The van der Waals surface area contributed by atoms with Crippen LogP contribution in [-0.2, 0) is 10.0 Å². The molecule has 0 radical (unpaired) electrons. The molecule has 1 N–H and O–H groups in total. The predicted molar refractivity (Wildman–Crippen MR) is 74.4 cm³/mol. The average Bonchev–Trinajstić information content (AvgIpc) is 2.76. The highest BCUT2D eigenvalue weighted by Gasteiger charge is 2.24. The van der Waals surface area contributed by atoms with Gasteiger partial charge in [-0.3, -0.25) is 10.1 Å². The average molecular weight is 340 g/mol. The Morgan fingerprint density at radius 2 is 2.25 bits per heavy atom. The topological polar surface area (TPSA) is 138 Å². The van der Waals surface area contributed by atoms with E-state index in [1.165, 1.54) is 0 Å². The zero-order valence-corrected chi connectivity index (χ0v) is 12.4. The molecule has 0 bridgehead atoms. The van der Waals surface area contributed by atoms with E-state index in [4.69, 9.17) is 17.1 Å². The summed E-state index contributed by atoms with van der Waals surface area (Å²) in [4.78, 5) is 12.4. The molecule has 110 valence electrons. The highest BCUT2D eigenvalue weighted by molar-refractivity contribution is 7.91. The van der Waals surface area contributed by atoms with Gasteiger partial charge in [-0.1, -0.05) is 16.7 Å². The minimum Gasteiger partial charge on any atom is -0.258 e. The molecule has 0 spiro atoms. The third-order valence-corrected chi connectivity index (χ3v) is 5.42. The van der Waals surface area contributed by atoms with Gasteiger partial charge in [0.25, 0.3) is 5.69 Å². The molecule has 0 aliphatic rings. The van der Waals surface area contributed by atoms with Gasteiger partial charge in [0.05, 0.1) is 4.92 Å². The third kappa shape index (κ3) is 4.62. The van der Waals surface area contributed by atoms with Gasteiger partial charge in [-0.05, 0) is 18.4 Å². The number of nitrogens with zero attached hydrogens (tertiary/aromatic N) is 4. The summed E-state index contributed by atoms with van der Waals surface area (Å²) in [5.41, 5.74) is 7.62. The molecule has 0 aliphatic carbocycles. The fraction of sp³-hybridized carbons (Fsp3) is 0.500. The molecule has 0 aromatic carbocycles. The lowest BCUT2D eigenvalue weighted by atomic mass is 10.3. The van der Waals surface area contributed by atoms with Crippen LogP contribution in [0.5, 0.6) is 0 Å². The van der Waals surface area contributed by atoms with E-state index in [1.54, 1.807) is 0 Å². The second-order valence-corrected chi connectivity index (χ2v) is 7.19. The van der Waals surface area contributed by atoms with Crippen LogP contribution in [0.25, 0.3) is 10.4 Å². The van der Waals surface area contributed by atoms with Crippen molar-refractivity contribution in [3.8, 4) is 0 Å². The first-order valence-corrected chi connectivity index (χ1v) is 8.00. The lowest BCUT2D eigenvalue weighted by Gasteiger charge is -2.03. The van der Waals surface area contributed by atoms with Crippen LogP contribution in [0.4, 0.5) is 5.69 Å². The Morgan fingerprint density at radius 3 is 2.80 bits per heavy atom. The van der Waals surface area contributed by atoms with Crippen molar-refractivity contribution in [3.05, 3.63) is 31.0 Å². The molecule has 0 aliphatic heterocycles. The van der Waals surface area contributed by atoms with E-state index >= 15 is 0 Å². The molecular weight excluding hydrogens is 330 g/mol. The van der Waals surface area contributed by atoms with Gasteiger partial charge >= 0.3 is 0 Å². The Kier molecular flexibility index (Phi) is 6.17. The molecule has 9 nitrogen and oxygen atoms in total. The van der Waals surface area contributed by atoms with Crippen molar-refractivity contribution in [2.75, 3.05) is 13.1 Å². The Hall–Kier alpha value is -1.39. The molecule has 1 heterocycles. The van der Waals surface area contributed by atoms with Crippen LogP contribution < -0.4 is 4.72 Å². The van der Waals surface area contributed by atoms with E-state index in [1.807, 2.05) is 0 Å². The van der Waals surface area contributed by atoms with Gasteiger partial charge in [0.2, 0.25) is 10.0 Å². The number of nitro groups is 1. The van der Waals surface area contributed by atoms with Crippen molar-refractivity contribution >= 4 is 38.6 Å². The number of unbranched alkanes of at least 4 members (excludes halogenated alkanes) is 1. The van der Waals surface area contributed by atoms with Crippen LogP contribution in [-0.4, -0.2) is 26.4 Å². The zero-order chi connectivity index (χ0) is 15.2. The number of azide groups is 1. The molecule has 0 atom stereocenters. The van der Waals surface area contributed by atoms with Gasteiger partial charge in [-0.15, -0.1) is 11.3 Å². The lowest BCUT2D eigenvalue weighted by molar-refractivity contribution is -0.384. The molecular formula is C8H10ClN5O4S2. The summed E-state index contributed by atoms with van der Waals surface area (Å²) in [7, 11) is -3.81. The molecule has 0 amide bonds. The number of hydrogen-bond donors (Lipinski definition) is 1. The summed E-state index contributed by atoms with van der Waals surface area (Å²) >= 11 is 6.23. The minimum absolute atomic E-state index is 0.145. The number of sulfonamides is 1. The predicted octanol–water partition coefficient (Wildman–Crippen LogP) is 2.68. The first kappa shape index (κ1) is 16.7. The summed E-state index contributed by atoms with van der Waals surface area (Å²) in [5.74, 6) is 0. The highest BCUT2D eigenvalue weighted by Crippen LogP contribution is 2.35. The first-order valence-electron chi connectivity index (χ1n) is 5.32. The van der Waals surface area contributed by atoms with Crippen molar-refractivity contribution in [2.45, 2.75) is 17.1 Å². The van der Waals surface area contributed by atoms with Crippen LogP contribution in [0.2, 0.25) is 4.34 Å². The second-order valence-electron chi connectivity index (χ2n) is 3.54. The van der Waals surface area contributed by atoms with E-state index in [-0.39, 0.29) is 21.6 Å². The summed E-state index contributed by atoms with van der Waals surface area (Å²) < 4.78 is 25.6. The maximum Gasteiger partial charge on any atom is 0.300 e. The van der Waals surface area contributed by atoms with Crippen LogP contribution >= 0.6 is 22.9 Å². The monoisotopic (exact) mass is 339 g/mol. The van der Waals surface area contributed by atoms with Gasteiger partial charge < -0.3 is 0 Å². The molecule has 0 unspecified atom stereocenters. The van der Waals surface area contributed by atoms with Crippen molar-refractivity contribution in [1.29, 1.82) is 0 Å². The van der Waals surface area contributed by atoms with Crippen molar-refractivity contribution in [3.63, 3.8) is 0 Å². The van der Waals surface area contributed by atoms with Crippen LogP contribution in [0.3, 0.4) is 0 Å². The van der Waals surface area contributed by atoms with E-state index < -0.39 is 20.6 Å². The molecule has 1 aromatic rings.